The highest BCUT2D eigenvalue weighted by Crippen LogP contribution is 2.31. The van der Waals surface area contributed by atoms with Crippen LogP contribution in [0.1, 0.15) is 12.0 Å². The minimum atomic E-state index is -2.92. The van der Waals surface area contributed by atoms with Crippen molar-refractivity contribution in [3.8, 4) is 0 Å². The Kier molecular flexibility index (Phi) is 2.80. The first kappa shape index (κ1) is 10.6. The van der Waals surface area contributed by atoms with E-state index in [4.69, 9.17) is 17.3 Å². The minimum absolute atomic E-state index is 0.438. The molecule has 0 fully saturated rings. The van der Waals surface area contributed by atoms with E-state index in [1.54, 1.807) is 0 Å². The first-order valence-electron chi connectivity index (χ1n) is 3.32. The van der Waals surface area contributed by atoms with Gasteiger partial charge >= 0.3 is 5.82 Å². The van der Waals surface area contributed by atoms with E-state index in [0.717, 1.165) is 0 Å². The van der Waals surface area contributed by atoms with Crippen molar-refractivity contribution >= 4 is 23.1 Å². The molecule has 0 spiro atoms. The molecule has 0 amide bonds. The van der Waals surface area contributed by atoms with Gasteiger partial charge in [0.15, 0.2) is 0 Å². The molecule has 0 bridgehead atoms. The zero-order chi connectivity index (χ0) is 10.9. The number of alkyl halides is 2. The van der Waals surface area contributed by atoms with Crippen LogP contribution in [0.3, 0.4) is 0 Å². The van der Waals surface area contributed by atoms with Crippen molar-refractivity contribution in [2.45, 2.75) is 6.43 Å². The number of aromatic nitrogens is 1. The minimum Gasteiger partial charge on any atom is -0.394 e. The molecule has 2 N–H and O–H groups in total. The van der Waals surface area contributed by atoms with E-state index in [9.17, 15) is 18.9 Å². The maximum atomic E-state index is 12.3. The molecule has 0 aliphatic carbocycles. The molecule has 0 aromatic carbocycles. The van der Waals surface area contributed by atoms with Crippen molar-refractivity contribution in [1.29, 1.82) is 0 Å². The lowest BCUT2D eigenvalue weighted by Crippen LogP contribution is -2.01. The van der Waals surface area contributed by atoms with Crippen LogP contribution in [-0.2, 0) is 0 Å². The van der Waals surface area contributed by atoms with E-state index >= 15 is 0 Å². The lowest BCUT2D eigenvalue weighted by molar-refractivity contribution is -0.389. The van der Waals surface area contributed by atoms with E-state index in [1.807, 2.05) is 0 Å². The van der Waals surface area contributed by atoms with Crippen molar-refractivity contribution in [3.63, 3.8) is 0 Å². The third-order valence-corrected chi connectivity index (χ3v) is 1.74. The molecule has 1 heterocycles. The molecule has 1 aromatic heterocycles. The summed E-state index contributed by atoms with van der Waals surface area (Å²) in [7, 11) is 0. The number of nitrogen functional groups attached to an aromatic ring is 1. The maximum Gasteiger partial charge on any atom is 0.365 e. The Morgan fingerprint density at radius 3 is 2.64 bits per heavy atom. The van der Waals surface area contributed by atoms with Gasteiger partial charge in [0.2, 0.25) is 0 Å². The van der Waals surface area contributed by atoms with Crippen LogP contribution in [0.25, 0.3) is 0 Å². The van der Waals surface area contributed by atoms with Crippen LogP contribution in [0.4, 0.5) is 20.3 Å². The van der Waals surface area contributed by atoms with Gasteiger partial charge in [-0.05, 0) is 21.5 Å². The van der Waals surface area contributed by atoms with Crippen LogP contribution < -0.4 is 5.73 Å². The van der Waals surface area contributed by atoms with Gasteiger partial charge in [-0.2, -0.15) is 0 Å². The summed E-state index contributed by atoms with van der Waals surface area (Å²) in [6.45, 7) is 0. The highest BCUT2D eigenvalue weighted by molar-refractivity contribution is 6.32. The van der Waals surface area contributed by atoms with E-state index in [0.29, 0.717) is 6.07 Å². The average Bonchev–Trinajstić information content (AvgIpc) is 2.08. The Bertz CT molecular complexity index is 386. The monoisotopic (exact) mass is 223 g/mol. The Labute approximate surface area is 81.6 Å². The molecule has 0 unspecified atom stereocenters. The summed E-state index contributed by atoms with van der Waals surface area (Å²) in [5.74, 6) is -0.750. The predicted molar refractivity (Wildman–Crippen MR) is 45.3 cm³/mol. The summed E-state index contributed by atoms with van der Waals surface area (Å²) in [6.07, 6.45) is -2.92. The van der Waals surface area contributed by atoms with Gasteiger partial charge in [0.1, 0.15) is 5.69 Å². The van der Waals surface area contributed by atoms with E-state index in [-0.39, 0.29) is 0 Å². The number of nitrogens with zero attached hydrogens (tertiary/aromatic N) is 2. The fraction of sp³-hybridized carbons (Fsp3) is 0.167. The Morgan fingerprint density at radius 2 is 2.21 bits per heavy atom. The lowest BCUT2D eigenvalue weighted by atomic mass is 10.2. The summed E-state index contributed by atoms with van der Waals surface area (Å²) in [5, 5.41) is 9.75. The van der Waals surface area contributed by atoms with Gasteiger partial charge in [-0.3, -0.25) is 0 Å². The summed E-state index contributed by atoms with van der Waals surface area (Å²) in [5.41, 5.74) is 4.03. The van der Waals surface area contributed by atoms with Crippen LogP contribution in [0.5, 0.6) is 0 Å². The van der Waals surface area contributed by atoms with Gasteiger partial charge in [-0.1, -0.05) is 0 Å². The van der Waals surface area contributed by atoms with Crippen LogP contribution in [0.15, 0.2) is 6.07 Å². The Hall–Kier alpha value is -1.50. The van der Waals surface area contributed by atoms with Gasteiger partial charge in [0.25, 0.3) is 11.6 Å². The molecule has 0 atom stereocenters. The summed E-state index contributed by atoms with van der Waals surface area (Å²) in [4.78, 5) is 12.5. The van der Waals surface area contributed by atoms with Crippen LogP contribution >= 0.6 is 11.6 Å². The normalized spacial score (nSPS) is 10.6. The van der Waals surface area contributed by atoms with Crippen molar-refractivity contribution in [3.05, 3.63) is 26.9 Å². The highest BCUT2D eigenvalue weighted by Gasteiger charge is 2.22. The molecule has 1 aromatic rings. The molecule has 0 saturated carbocycles. The van der Waals surface area contributed by atoms with Crippen LogP contribution in [-0.4, -0.2) is 9.91 Å². The predicted octanol–water partition coefficient (Wildman–Crippen LogP) is 2.16. The number of nitrogens with two attached hydrogens (primary N) is 1. The summed E-state index contributed by atoms with van der Waals surface area (Å²) in [6, 6.07) is 0.603. The lowest BCUT2D eigenvalue weighted by Gasteiger charge is -2.03. The second-order valence-corrected chi connectivity index (χ2v) is 2.69. The zero-order valence-corrected chi connectivity index (χ0v) is 7.33. The SMILES string of the molecule is Nc1c(C(F)F)cc([N+](=O)[O-])nc1Cl. The number of halogens is 3. The van der Waals surface area contributed by atoms with Gasteiger partial charge in [-0.15, -0.1) is 0 Å². The molecule has 5 nitrogen and oxygen atoms in total. The van der Waals surface area contributed by atoms with Gasteiger partial charge in [0.05, 0.1) is 5.56 Å². The smallest absolute Gasteiger partial charge is 0.365 e. The number of hydrogen-bond acceptors (Lipinski definition) is 4. The van der Waals surface area contributed by atoms with Crippen LogP contribution in [0.2, 0.25) is 5.15 Å². The second kappa shape index (κ2) is 3.70. The highest BCUT2D eigenvalue weighted by atomic mass is 35.5. The van der Waals surface area contributed by atoms with E-state index < -0.39 is 33.6 Å². The van der Waals surface area contributed by atoms with Crippen molar-refractivity contribution in [2.75, 3.05) is 5.73 Å². The second-order valence-electron chi connectivity index (χ2n) is 2.33. The first-order valence-corrected chi connectivity index (χ1v) is 3.69. The molecule has 0 radical (unpaired) electrons. The molecule has 14 heavy (non-hydrogen) atoms. The quantitative estimate of drug-likeness (QED) is 0.473. The van der Waals surface area contributed by atoms with Crippen molar-refractivity contribution in [1.82, 2.24) is 4.98 Å². The van der Waals surface area contributed by atoms with Gasteiger partial charge in [-0.25, -0.2) is 8.78 Å². The van der Waals surface area contributed by atoms with Gasteiger partial charge in [0, 0.05) is 6.07 Å². The maximum absolute atomic E-state index is 12.3. The number of hydrogen-bond donors (Lipinski definition) is 1. The largest absolute Gasteiger partial charge is 0.394 e. The fourth-order valence-electron chi connectivity index (χ4n) is 0.803. The number of anilines is 1. The third-order valence-electron chi connectivity index (χ3n) is 1.45. The Balaban J connectivity index is 3.35. The average molecular weight is 224 g/mol. The van der Waals surface area contributed by atoms with Crippen LogP contribution in [0, 0.1) is 10.1 Å². The molecular formula is C6H4ClF2N3O2. The molecule has 76 valence electrons. The number of rotatable bonds is 2. The van der Waals surface area contributed by atoms with Crippen molar-refractivity contribution in [2.24, 2.45) is 0 Å². The zero-order valence-electron chi connectivity index (χ0n) is 6.58. The van der Waals surface area contributed by atoms with Gasteiger partial charge < -0.3 is 15.8 Å². The third kappa shape index (κ3) is 1.87. The molecular weight excluding hydrogens is 220 g/mol. The first-order chi connectivity index (χ1) is 6.43. The number of nitro groups is 1. The van der Waals surface area contributed by atoms with Crippen molar-refractivity contribution < 1.29 is 13.7 Å². The molecule has 0 aliphatic heterocycles. The molecule has 0 saturated heterocycles. The van der Waals surface area contributed by atoms with E-state index in [2.05, 4.69) is 4.98 Å². The van der Waals surface area contributed by atoms with E-state index in [1.165, 1.54) is 0 Å². The molecule has 1 rings (SSSR count). The molecule has 8 heteroatoms. The fourth-order valence-corrected chi connectivity index (χ4v) is 0.999. The summed E-state index contributed by atoms with van der Waals surface area (Å²) < 4.78 is 24.5. The summed E-state index contributed by atoms with van der Waals surface area (Å²) >= 11 is 5.33. The topological polar surface area (TPSA) is 82.0 Å². The molecule has 0 aliphatic rings. The Morgan fingerprint density at radius 1 is 1.64 bits per heavy atom. The standard InChI is InChI=1S/C6H4ClF2N3O2/c7-5-4(10)2(6(8)9)1-3(11-5)12(13)14/h1,6H,10H2. The number of pyridine rings is 1.